The first-order chi connectivity index (χ1) is 8.24. The van der Waals surface area contributed by atoms with Crippen molar-refractivity contribution in [2.24, 2.45) is 11.8 Å². The van der Waals surface area contributed by atoms with Gasteiger partial charge in [0, 0.05) is 11.4 Å². The summed E-state index contributed by atoms with van der Waals surface area (Å²) in [5.74, 6) is 0.630. The van der Waals surface area contributed by atoms with Crippen LogP contribution in [0.3, 0.4) is 0 Å². The molecule has 0 saturated carbocycles. The third-order valence-corrected chi connectivity index (χ3v) is 4.75. The van der Waals surface area contributed by atoms with Crippen molar-refractivity contribution in [2.75, 3.05) is 18.4 Å². The number of aromatic nitrogens is 1. The maximum Gasteiger partial charge on any atom is 0.230 e. The number of anilines is 1. The molecule has 3 rings (SSSR count). The summed E-state index contributed by atoms with van der Waals surface area (Å²) in [6.45, 7) is 3.84. The fraction of sp³-hybridized carbons (Fsp3) is 0.667. The SMILES string of the molecule is C[C@@H]1CNC[C@H]1C(=O)Nc1nc2c(s1)CCC2. The van der Waals surface area contributed by atoms with Crippen molar-refractivity contribution in [1.29, 1.82) is 0 Å². The van der Waals surface area contributed by atoms with Crippen LogP contribution in [0.1, 0.15) is 23.9 Å². The van der Waals surface area contributed by atoms with Gasteiger partial charge >= 0.3 is 0 Å². The summed E-state index contributed by atoms with van der Waals surface area (Å²) in [6, 6.07) is 0. The van der Waals surface area contributed by atoms with Crippen LogP contribution in [0.5, 0.6) is 0 Å². The van der Waals surface area contributed by atoms with Crippen LogP contribution in [0, 0.1) is 11.8 Å². The van der Waals surface area contributed by atoms with Crippen LogP contribution in [0.4, 0.5) is 5.13 Å². The van der Waals surface area contributed by atoms with Crippen molar-refractivity contribution in [1.82, 2.24) is 10.3 Å². The number of nitrogens with one attached hydrogen (secondary N) is 2. The van der Waals surface area contributed by atoms with E-state index in [0.29, 0.717) is 5.92 Å². The van der Waals surface area contributed by atoms with Gasteiger partial charge in [-0.15, -0.1) is 11.3 Å². The van der Waals surface area contributed by atoms with Gasteiger partial charge in [0.05, 0.1) is 11.6 Å². The monoisotopic (exact) mass is 251 g/mol. The zero-order valence-electron chi connectivity index (χ0n) is 9.95. The molecule has 92 valence electrons. The van der Waals surface area contributed by atoms with Crippen LogP contribution >= 0.6 is 11.3 Å². The highest BCUT2D eigenvalue weighted by atomic mass is 32.1. The quantitative estimate of drug-likeness (QED) is 0.836. The molecule has 17 heavy (non-hydrogen) atoms. The second-order valence-corrected chi connectivity index (χ2v) is 6.06. The Balaban J connectivity index is 1.68. The minimum Gasteiger partial charge on any atom is -0.316 e. The maximum atomic E-state index is 12.1. The van der Waals surface area contributed by atoms with Gasteiger partial charge in [-0.2, -0.15) is 0 Å². The van der Waals surface area contributed by atoms with E-state index < -0.39 is 0 Å². The number of amides is 1. The highest BCUT2D eigenvalue weighted by Gasteiger charge is 2.30. The lowest BCUT2D eigenvalue weighted by molar-refractivity contribution is -0.120. The molecule has 1 amide bonds. The Morgan fingerprint density at radius 2 is 2.35 bits per heavy atom. The molecule has 0 unspecified atom stereocenters. The highest BCUT2D eigenvalue weighted by molar-refractivity contribution is 7.15. The van der Waals surface area contributed by atoms with E-state index in [-0.39, 0.29) is 11.8 Å². The fourth-order valence-corrected chi connectivity index (χ4v) is 3.66. The number of carbonyl (C=O) groups is 1. The van der Waals surface area contributed by atoms with E-state index >= 15 is 0 Å². The average molecular weight is 251 g/mol. The van der Waals surface area contributed by atoms with Gasteiger partial charge in [0.1, 0.15) is 0 Å². The lowest BCUT2D eigenvalue weighted by Crippen LogP contribution is -2.27. The minimum atomic E-state index is 0.0914. The Labute approximate surface area is 105 Å². The number of hydrogen-bond donors (Lipinski definition) is 2. The van der Waals surface area contributed by atoms with Gasteiger partial charge in [-0.3, -0.25) is 4.79 Å². The van der Waals surface area contributed by atoms with Gasteiger partial charge in [-0.25, -0.2) is 4.98 Å². The van der Waals surface area contributed by atoms with Crippen molar-refractivity contribution in [3.05, 3.63) is 10.6 Å². The third-order valence-electron chi connectivity index (χ3n) is 3.68. The Morgan fingerprint density at radius 3 is 3.06 bits per heavy atom. The Bertz CT molecular complexity index is 421. The smallest absolute Gasteiger partial charge is 0.230 e. The number of thiazole rings is 1. The number of rotatable bonds is 2. The first-order valence-corrected chi connectivity index (χ1v) is 7.06. The molecule has 1 aromatic heterocycles. The van der Waals surface area contributed by atoms with E-state index in [0.717, 1.165) is 31.1 Å². The highest BCUT2D eigenvalue weighted by Crippen LogP contribution is 2.31. The zero-order valence-corrected chi connectivity index (χ0v) is 10.8. The second-order valence-electron chi connectivity index (χ2n) is 4.97. The van der Waals surface area contributed by atoms with Crippen LogP contribution in [0.2, 0.25) is 0 Å². The molecule has 4 nitrogen and oxygen atoms in total. The number of aryl methyl sites for hydroxylation is 2. The van der Waals surface area contributed by atoms with E-state index in [1.54, 1.807) is 11.3 Å². The van der Waals surface area contributed by atoms with E-state index in [2.05, 4.69) is 22.5 Å². The van der Waals surface area contributed by atoms with Gasteiger partial charge < -0.3 is 10.6 Å². The Hall–Kier alpha value is -0.940. The van der Waals surface area contributed by atoms with E-state index in [4.69, 9.17) is 0 Å². The van der Waals surface area contributed by atoms with Crippen molar-refractivity contribution in [3.63, 3.8) is 0 Å². The molecule has 1 aliphatic carbocycles. The van der Waals surface area contributed by atoms with E-state index in [1.807, 2.05) is 0 Å². The van der Waals surface area contributed by atoms with Gasteiger partial charge in [-0.1, -0.05) is 6.92 Å². The molecule has 1 fully saturated rings. The minimum absolute atomic E-state index is 0.0914. The molecule has 1 aromatic rings. The summed E-state index contributed by atoms with van der Waals surface area (Å²) in [4.78, 5) is 17.9. The van der Waals surface area contributed by atoms with E-state index in [9.17, 15) is 4.79 Å². The summed E-state index contributed by atoms with van der Waals surface area (Å²) >= 11 is 1.65. The van der Waals surface area contributed by atoms with Gasteiger partial charge in [-0.05, 0) is 31.7 Å². The van der Waals surface area contributed by atoms with Gasteiger partial charge in [0.25, 0.3) is 0 Å². The molecule has 1 saturated heterocycles. The van der Waals surface area contributed by atoms with Gasteiger partial charge in [0.2, 0.25) is 5.91 Å². The van der Waals surface area contributed by atoms with Crippen molar-refractivity contribution in [3.8, 4) is 0 Å². The summed E-state index contributed by atoms with van der Waals surface area (Å²) in [5.41, 5.74) is 1.20. The average Bonchev–Trinajstić information content (AvgIpc) is 2.92. The number of nitrogens with zero attached hydrogens (tertiary/aromatic N) is 1. The predicted molar refractivity (Wildman–Crippen MR) is 68.3 cm³/mol. The molecule has 2 atom stereocenters. The Morgan fingerprint density at radius 1 is 1.47 bits per heavy atom. The fourth-order valence-electron chi connectivity index (χ4n) is 2.60. The molecule has 2 heterocycles. The van der Waals surface area contributed by atoms with Crippen molar-refractivity contribution < 1.29 is 4.79 Å². The summed E-state index contributed by atoms with van der Waals surface area (Å²) in [5, 5.41) is 7.01. The predicted octanol–water partition coefficient (Wildman–Crippen LogP) is 1.43. The zero-order chi connectivity index (χ0) is 11.8. The number of fused-ring (bicyclic) bond motifs is 1. The molecule has 0 aromatic carbocycles. The normalized spacial score (nSPS) is 27.1. The summed E-state index contributed by atoms with van der Waals surface area (Å²) in [7, 11) is 0. The topological polar surface area (TPSA) is 54.0 Å². The maximum absolute atomic E-state index is 12.1. The van der Waals surface area contributed by atoms with Crippen LogP contribution in [0.25, 0.3) is 0 Å². The summed E-state index contributed by atoms with van der Waals surface area (Å²) < 4.78 is 0. The lowest BCUT2D eigenvalue weighted by Gasteiger charge is -2.12. The first-order valence-electron chi connectivity index (χ1n) is 6.24. The summed E-state index contributed by atoms with van der Waals surface area (Å²) in [6.07, 6.45) is 3.42. The van der Waals surface area contributed by atoms with Crippen molar-refractivity contribution >= 4 is 22.4 Å². The molecule has 1 aliphatic heterocycles. The van der Waals surface area contributed by atoms with Gasteiger partial charge in [0.15, 0.2) is 5.13 Å². The van der Waals surface area contributed by atoms with Crippen LogP contribution < -0.4 is 10.6 Å². The molecule has 2 N–H and O–H groups in total. The first kappa shape index (κ1) is 11.2. The molecular formula is C12H17N3OS. The molecule has 2 aliphatic rings. The Kier molecular flexibility index (Phi) is 2.88. The third kappa shape index (κ3) is 2.09. The van der Waals surface area contributed by atoms with Crippen LogP contribution in [-0.2, 0) is 17.6 Å². The van der Waals surface area contributed by atoms with E-state index in [1.165, 1.54) is 17.0 Å². The standard InChI is InChI=1S/C12H17N3OS/c1-7-5-13-6-8(7)11(16)15-12-14-9-3-2-4-10(9)17-12/h7-8,13H,2-6H2,1H3,(H,14,15,16)/t7-,8-/m1/s1. The lowest BCUT2D eigenvalue weighted by atomic mass is 9.97. The molecular weight excluding hydrogens is 234 g/mol. The number of carbonyl (C=O) groups excluding carboxylic acids is 1. The largest absolute Gasteiger partial charge is 0.316 e. The number of hydrogen-bond acceptors (Lipinski definition) is 4. The molecule has 0 bridgehead atoms. The van der Waals surface area contributed by atoms with Crippen molar-refractivity contribution in [2.45, 2.75) is 26.2 Å². The second kappa shape index (κ2) is 4.38. The molecule has 0 radical (unpaired) electrons. The molecule has 5 heteroatoms. The van der Waals surface area contributed by atoms with Crippen LogP contribution in [-0.4, -0.2) is 24.0 Å². The molecule has 0 spiro atoms. The van der Waals surface area contributed by atoms with Crippen LogP contribution in [0.15, 0.2) is 0 Å².